The third-order valence-electron chi connectivity index (χ3n) is 3.50. The van der Waals surface area contributed by atoms with Gasteiger partial charge in [0.1, 0.15) is 11.6 Å². The highest BCUT2D eigenvalue weighted by atomic mass is 35.5. The summed E-state index contributed by atoms with van der Waals surface area (Å²) in [7, 11) is 0. The molecule has 0 radical (unpaired) electrons. The van der Waals surface area contributed by atoms with Crippen LogP contribution in [0.1, 0.15) is 23.2 Å². The molecule has 2 aromatic carbocycles. The predicted octanol–water partition coefficient (Wildman–Crippen LogP) is 3.18. The lowest BCUT2D eigenvalue weighted by molar-refractivity contribution is -0.120. The maximum absolute atomic E-state index is 12.8. The van der Waals surface area contributed by atoms with Crippen LogP contribution in [0, 0.1) is 5.82 Å². The van der Waals surface area contributed by atoms with Crippen LogP contribution in [0.4, 0.5) is 4.39 Å². The zero-order valence-electron chi connectivity index (χ0n) is 14.1. The van der Waals surface area contributed by atoms with E-state index in [0.29, 0.717) is 29.5 Å². The normalized spacial score (nSPS) is 10.2. The van der Waals surface area contributed by atoms with Crippen molar-refractivity contribution in [2.24, 2.45) is 0 Å². The summed E-state index contributed by atoms with van der Waals surface area (Å²) < 4.78 is 18.2. The van der Waals surface area contributed by atoms with Gasteiger partial charge in [-0.25, -0.2) is 4.39 Å². The highest BCUT2D eigenvalue weighted by Crippen LogP contribution is 2.14. The van der Waals surface area contributed by atoms with Crippen LogP contribution < -0.4 is 15.4 Å². The maximum atomic E-state index is 12.8. The summed E-state index contributed by atoms with van der Waals surface area (Å²) in [5.41, 5.74) is 0.333. The van der Waals surface area contributed by atoms with Crippen molar-refractivity contribution in [1.29, 1.82) is 0 Å². The van der Waals surface area contributed by atoms with Crippen molar-refractivity contribution >= 4 is 23.4 Å². The summed E-state index contributed by atoms with van der Waals surface area (Å²) in [5.74, 6) is -0.359. The van der Waals surface area contributed by atoms with Gasteiger partial charge in [0.05, 0.1) is 23.7 Å². The first kappa shape index (κ1) is 19.7. The van der Waals surface area contributed by atoms with Crippen LogP contribution >= 0.6 is 11.6 Å². The van der Waals surface area contributed by atoms with Gasteiger partial charge in [0.15, 0.2) is 0 Å². The second-order valence-corrected chi connectivity index (χ2v) is 5.93. The van der Waals surface area contributed by atoms with Crippen molar-refractivity contribution in [2.75, 3.05) is 19.7 Å². The fraction of sp³-hybridized carbons (Fsp3) is 0.263. The van der Waals surface area contributed by atoms with E-state index in [4.69, 9.17) is 16.3 Å². The SMILES string of the molecule is O=C(CNC(=O)c1ccccc1Cl)NCCCCOc1ccc(F)cc1. The molecule has 0 fully saturated rings. The average molecular weight is 379 g/mol. The van der Waals surface area contributed by atoms with Gasteiger partial charge in [0, 0.05) is 6.54 Å². The molecule has 0 aliphatic heterocycles. The van der Waals surface area contributed by atoms with Crippen molar-refractivity contribution in [1.82, 2.24) is 10.6 Å². The first-order valence-corrected chi connectivity index (χ1v) is 8.62. The number of carbonyl (C=O) groups is 2. The summed E-state index contributed by atoms with van der Waals surface area (Å²) in [4.78, 5) is 23.6. The summed E-state index contributed by atoms with van der Waals surface area (Å²) in [5, 5.41) is 5.58. The van der Waals surface area contributed by atoms with Gasteiger partial charge in [-0.2, -0.15) is 0 Å². The van der Waals surface area contributed by atoms with Crippen LogP contribution in [0.5, 0.6) is 5.75 Å². The Morgan fingerprint density at radius 2 is 1.73 bits per heavy atom. The zero-order chi connectivity index (χ0) is 18.8. The number of unbranched alkanes of at least 4 members (excludes halogenated alkanes) is 1. The van der Waals surface area contributed by atoms with Gasteiger partial charge < -0.3 is 15.4 Å². The van der Waals surface area contributed by atoms with Crippen molar-refractivity contribution in [2.45, 2.75) is 12.8 Å². The maximum Gasteiger partial charge on any atom is 0.253 e. The number of ether oxygens (including phenoxy) is 1. The second-order valence-electron chi connectivity index (χ2n) is 5.52. The van der Waals surface area contributed by atoms with Crippen molar-refractivity contribution in [3.8, 4) is 5.75 Å². The number of nitrogens with one attached hydrogen (secondary N) is 2. The van der Waals surface area contributed by atoms with Crippen LogP contribution in [0.2, 0.25) is 5.02 Å². The Morgan fingerprint density at radius 3 is 2.46 bits per heavy atom. The number of carbonyl (C=O) groups excluding carboxylic acids is 2. The number of halogens is 2. The number of hydrogen-bond acceptors (Lipinski definition) is 3. The molecule has 0 heterocycles. The van der Waals surface area contributed by atoms with Crippen LogP contribution in [-0.4, -0.2) is 31.5 Å². The van der Waals surface area contributed by atoms with E-state index in [1.165, 1.54) is 12.1 Å². The molecule has 2 amide bonds. The van der Waals surface area contributed by atoms with Gasteiger partial charge in [0.2, 0.25) is 5.91 Å². The molecule has 0 aliphatic rings. The molecule has 2 N–H and O–H groups in total. The van der Waals surface area contributed by atoms with Crippen molar-refractivity contribution in [3.05, 3.63) is 64.9 Å². The van der Waals surface area contributed by atoms with Crippen LogP contribution in [0.25, 0.3) is 0 Å². The quantitative estimate of drug-likeness (QED) is 0.658. The Morgan fingerprint density at radius 1 is 1.00 bits per heavy atom. The van der Waals surface area contributed by atoms with Crippen molar-refractivity contribution in [3.63, 3.8) is 0 Å². The molecule has 2 aromatic rings. The van der Waals surface area contributed by atoms with Gasteiger partial charge in [-0.1, -0.05) is 23.7 Å². The number of amides is 2. The first-order chi connectivity index (χ1) is 12.6. The van der Waals surface area contributed by atoms with E-state index in [2.05, 4.69) is 10.6 Å². The Kier molecular flexibility index (Phi) is 7.89. The Bertz CT molecular complexity index is 738. The molecule has 26 heavy (non-hydrogen) atoms. The topological polar surface area (TPSA) is 67.4 Å². The zero-order valence-corrected chi connectivity index (χ0v) is 14.9. The number of hydrogen-bond donors (Lipinski definition) is 2. The smallest absolute Gasteiger partial charge is 0.253 e. The van der Waals surface area contributed by atoms with E-state index >= 15 is 0 Å². The molecule has 0 saturated carbocycles. The van der Waals surface area contributed by atoms with E-state index < -0.39 is 5.91 Å². The van der Waals surface area contributed by atoms with Gasteiger partial charge in [-0.3, -0.25) is 9.59 Å². The third-order valence-corrected chi connectivity index (χ3v) is 3.83. The standard InChI is InChI=1S/C19H20ClFN2O3/c20-17-6-2-1-5-16(17)19(25)23-13-18(24)22-11-3-4-12-26-15-9-7-14(21)8-10-15/h1-2,5-10H,3-4,11-13H2,(H,22,24)(H,23,25). The van der Waals surface area contributed by atoms with Crippen LogP contribution in [0.15, 0.2) is 48.5 Å². The lowest BCUT2D eigenvalue weighted by Gasteiger charge is -2.08. The average Bonchev–Trinajstić information content (AvgIpc) is 2.64. The molecule has 0 spiro atoms. The molecule has 0 saturated heterocycles. The van der Waals surface area contributed by atoms with E-state index in [-0.39, 0.29) is 18.3 Å². The van der Waals surface area contributed by atoms with Crippen LogP contribution in [0.3, 0.4) is 0 Å². The largest absolute Gasteiger partial charge is 0.494 e. The summed E-state index contributed by atoms with van der Waals surface area (Å²) in [6.45, 7) is 0.842. The Balaban J connectivity index is 1.55. The molecule has 0 bridgehead atoms. The third kappa shape index (κ3) is 6.72. The molecule has 138 valence electrons. The highest BCUT2D eigenvalue weighted by molar-refractivity contribution is 6.33. The Hall–Kier alpha value is -2.60. The molecular formula is C19H20ClFN2O3. The van der Waals surface area contributed by atoms with Gasteiger partial charge >= 0.3 is 0 Å². The summed E-state index contributed by atoms with van der Waals surface area (Å²) in [6.07, 6.45) is 1.47. The predicted molar refractivity (Wildman–Crippen MR) is 97.9 cm³/mol. The summed E-state index contributed by atoms with van der Waals surface area (Å²) in [6, 6.07) is 12.5. The molecule has 2 rings (SSSR count). The molecule has 7 heteroatoms. The number of rotatable bonds is 9. The molecule has 5 nitrogen and oxygen atoms in total. The Labute approximate surface area is 156 Å². The molecule has 0 atom stereocenters. The second kappa shape index (κ2) is 10.4. The minimum Gasteiger partial charge on any atom is -0.494 e. The molecule has 0 aliphatic carbocycles. The van der Waals surface area contributed by atoms with Gasteiger partial charge in [0.25, 0.3) is 5.91 Å². The van der Waals surface area contributed by atoms with Crippen LogP contribution in [-0.2, 0) is 4.79 Å². The van der Waals surface area contributed by atoms with E-state index in [0.717, 1.165) is 12.8 Å². The lowest BCUT2D eigenvalue weighted by atomic mass is 10.2. The number of benzene rings is 2. The molecular weight excluding hydrogens is 359 g/mol. The van der Waals surface area contributed by atoms with E-state index in [1.807, 2.05) is 0 Å². The van der Waals surface area contributed by atoms with Gasteiger partial charge in [-0.05, 0) is 49.2 Å². The monoisotopic (exact) mass is 378 g/mol. The fourth-order valence-corrected chi connectivity index (χ4v) is 2.36. The van der Waals surface area contributed by atoms with Gasteiger partial charge in [-0.15, -0.1) is 0 Å². The highest BCUT2D eigenvalue weighted by Gasteiger charge is 2.10. The van der Waals surface area contributed by atoms with Crippen molar-refractivity contribution < 1.29 is 18.7 Å². The fourth-order valence-electron chi connectivity index (χ4n) is 2.14. The first-order valence-electron chi connectivity index (χ1n) is 8.24. The minimum atomic E-state index is -0.390. The molecule has 0 aromatic heterocycles. The lowest BCUT2D eigenvalue weighted by Crippen LogP contribution is -2.37. The minimum absolute atomic E-state index is 0.115. The molecule has 0 unspecified atom stereocenters. The van der Waals surface area contributed by atoms with E-state index in [9.17, 15) is 14.0 Å². The summed E-state index contributed by atoms with van der Waals surface area (Å²) >= 11 is 5.93. The van der Waals surface area contributed by atoms with E-state index in [1.54, 1.807) is 36.4 Å².